The minimum atomic E-state index is -1.44. The molecule has 0 radical (unpaired) electrons. The zero-order chi connectivity index (χ0) is 16.7. The number of fused-ring (bicyclic) bond motifs is 1. The molecule has 3 aromatic carbocycles. The van der Waals surface area contributed by atoms with Crippen molar-refractivity contribution in [2.45, 2.75) is 19.3 Å². The molecule has 120 valence electrons. The van der Waals surface area contributed by atoms with Crippen LogP contribution in [-0.2, 0) is 0 Å². The third kappa shape index (κ3) is 2.60. The van der Waals surface area contributed by atoms with Crippen LogP contribution in [0.15, 0.2) is 54.6 Å². The first-order chi connectivity index (χ1) is 11.6. The topological polar surface area (TPSA) is 0 Å². The lowest BCUT2D eigenvalue weighted by Gasteiger charge is -2.08. The molecule has 1 aliphatic carbocycles. The van der Waals surface area contributed by atoms with E-state index in [0.717, 1.165) is 35.7 Å². The predicted molar refractivity (Wildman–Crippen MR) is 91.1 cm³/mol. The molecular weight excluding hydrogens is 309 g/mol. The van der Waals surface area contributed by atoms with Crippen LogP contribution in [0.4, 0.5) is 13.2 Å². The zero-order valence-corrected chi connectivity index (χ0v) is 13.0. The molecule has 4 rings (SSSR count). The van der Waals surface area contributed by atoms with Gasteiger partial charge in [-0.3, -0.25) is 0 Å². The first kappa shape index (κ1) is 15.0. The molecule has 0 nitrogen and oxygen atoms in total. The Kier molecular flexibility index (Phi) is 3.64. The second-order valence-electron chi connectivity index (χ2n) is 6.15. The van der Waals surface area contributed by atoms with Crippen LogP contribution in [0.5, 0.6) is 0 Å². The van der Waals surface area contributed by atoms with Crippen molar-refractivity contribution in [2.75, 3.05) is 0 Å². The highest BCUT2D eigenvalue weighted by Gasteiger charge is 2.12. The van der Waals surface area contributed by atoms with Gasteiger partial charge < -0.3 is 0 Å². The van der Waals surface area contributed by atoms with Gasteiger partial charge in [-0.15, -0.1) is 0 Å². The quantitative estimate of drug-likeness (QED) is 0.473. The third-order valence-electron chi connectivity index (χ3n) is 4.57. The Morgan fingerprint density at radius 2 is 1.29 bits per heavy atom. The number of benzene rings is 3. The monoisotopic (exact) mass is 324 g/mol. The van der Waals surface area contributed by atoms with Gasteiger partial charge in [0, 0.05) is 0 Å². The van der Waals surface area contributed by atoms with Crippen molar-refractivity contribution in [3.8, 4) is 11.1 Å². The number of hydrogen-bond donors (Lipinski definition) is 0. The maximum atomic E-state index is 13.4. The van der Waals surface area contributed by atoms with E-state index in [-0.39, 0.29) is 0 Å². The summed E-state index contributed by atoms with van der Waals surface area (Å²) in [6.45, 7) is 0. The standard InChI is InChI=1S/C21H15F3/c22-19-11-18(12-20(23)21(19)24)17-8-7-15-9-14(5-6-16(15)10-17)13-3-1-2-4-13/h3,5-12H,1-2,4H2. The van der Waals surface area contributed by atoms with Gasteiger partial charge in [0.25, 0.3) is 0 Å². The van der Waals surface area contributed by atoms with E-state index in [9.17, 15) is 13.2 Å². The zero-order valence-electron chi connectivity index (χ0n) is 13.0. The van der Waals surface area contributed by atoms with E-state index >= 15 is 0 Å². The van der Waals surface area contributed by atoms with E-state index in [0.29, 0.717) is 11.1 Å². The molecule has 1 aliphatic rings. The SMILES string of the molecule is Fc1cc(-c2ccc3cc(C4=CCCC4)ccc3c2)cc(F)c1F. The van der Waals surface area contributed by atoms with Gasteiger partial charge in [0.1, 0.15) is 0 Å². The van der Waals surface area contributed by atoms with Crippen LogP contribution in [0.25, 0.3) is 27.5 Å². The van der Waals surface area contributed by atoms with Gasteiger partial charge in [0.15, 0.2) is 17.5 Å². The van der Waals surface area contributed by atoms with Crippen molar-refractivity contribution >= 4 is 16.3 Å². The van der Waals surface area contributed by atoms with Crippen molar-refractivity contribution in [1.29, 1.82) is 0 Å². The summed E-state index contributed by atoms with van der Waals surface area (Å²) in [7, 11) is 0. The summed E-state index contributed by atoms with van der Waals surface area (Å²) in [5, 5.41) is 2.06. The number of rotatable bonds is 2. The molecule has 0 saturated carbocycles. The van der Waals surface area contributed by atoms with Gasteiger partial charge in [-0.2, -0.15) is 0 Å². The molecule has 0 aromatic heterocycles. The first-order valence-corrected chi connectivity index (χ1v) is 8.00. The Hall–Kier alpha value is -2.55. The maximum Gasteiger partial charge on any atom is 0.194 e. The van der Waals surface area contributed by atoms with Gasteiger partial charge in [0.05, 0.1) is 0 Å². The molecule has 3 aromatic rings. The van der Waals surface area contributed by atoms with Crippen molar-refractivity contribution in [3.63, 3.8) is 0 Å². The molecule has 0 fully saturated rings. The largest absolute Gasteiger partial charge is 0.204 e. The summed E-state index contributed by atoms with van der Waals surface area (Å²) in [5.41, 5.74) is 3.60. The van der Waals surface area contributed by atoms with Crippen molar-refractivity contribution in [3.05, 3.63) is 77.6 Å². The van der Waals surface area contributed by atoms with Crippen LogP contribution < -0.4 is 0 Å². The van der Waals surface area contributed by atoms with Gasteiger partial charge in [-0.05, 0) is 76.6 Å². The average Bonchev–Trinajstić information content (AvgIpc) is 3.13. The molecule has 24 heavy (non-hydrogen) atoms. The van der Waals surface area contributed by atoms with E-state index < -0.39 is 17.5 Å². The smallest absolute Gasteiger partial charge is 0.194 e. The highest BCUT2D eigenvalue weighted by Crippen LogP contribution is 2.32. The second-order valence-corrected chi connectivity index (χ2v) is 6.15. The molecule has 0 unspecified atom stereocenters. The van der Waals surface area contributed by atoms with Gasteiger partial charge in [-0.1, -0.05) is 30.3 Å². The highest BCUT2D eigenvalue weighted by molar-refractivity contribution is 5.90. The first-order valence-electron chi connectivity index (χ1n) is 8.00. The van der Waals surface area contributed by atoms with Gasteiger partial charge in [-0.25, -0.2) is 13.2 Å². The maximum absolute atomic E-state index is 13.4. The van der Waals surface area contributed by atoms with E-state index in [1.165, 1.54) is 17.6 Å². The minimum Gasteiger partial charge on any atom is -0.204 e. The van der Waals surface area contributed by atoms with E-state index in [2.05, 4.69) is 18.2 Å². The predicted octanol–water partition coefficient (Wildman–Crippen LogP) is 6.49. The molecule has 0 spiro atoms. The van der Waals surface area contributed by atoms with Crippen LogP contribution in [0.3, 0.4) is 0 Å². The fourth-order valence-corrected chi connectivity index (χ4v) is 3.28. The molecule has 0 N–H and O–H groups in total. The van der Waals surface area contributed by atoms with Crippen molar-refractivity contribution in [1.82, 2.24) is 0 Å². The van der Waals surface area contributed by atoms with Crippen LogP contribution in [0.2, 0.25) is 0 Å². The molecule has 0 amide bonds. The lowest BCUT2D eigenvalue weighted by Crippen LogP contribution is -1.92. The lowest BCUT2D eigenvalue weighted by atomic mass is 9.97. The summed E-state index contributed by atoms with van der Waals surface area (Å²) in [6.07, 6.45) is 5.72. The second kappa shape index (κ2) is 5.82. The van der Waals surface area contributed by atoms with Crippen molar-refractivity contribution < 1.29 is 13.2 Å². The van der Waals surface area contributed by atoms with Crippen LogP contribution in [0, 0.1) is 17.5 Å². The minimum absolute atomic E-state index is 0.330. The van der Waals surface area contributed by atoms with Crippen LogP contribution in [0.1, 0.15) is 24.8 Å². The Balaban J connectivity index is 1.77. The third-order valence-corrected chi connectivity index (χ3v) is 4.57. The lowest BCUT2D eigenvalue weighted by molar-refractivity contribution is 0.448. The summed E-state index contributed by atoms with van der Waals surface area (Å²) in [6, 6.07) is 13.9. The Labute approximate surface area is 138 Å². The number of halogens is 3. The van der Waals surface area contributed by atoms with E-state index in [4.69, 9.17) is 0 Å². The molecular formula is C21H15F3. The highest BCUT2D eigenvalue weighted by atomic mass is 19.2. The fourth-order valence-electron chi connectivity index (χ4n) is 3.28. The molecule has 0 aliphatic heterocycles. The normalized spacial score (nSPS) is 14.2. The van der Waals surface area contributed by atoms with Gasteiger partial charge in [0.2, 0.25) is 0 Å². The van der Waals surface area contributed by atoms with Crippen molar-refractivity contribution in [2.24, 2.45) is 0 Å². The van der Waals surface area contributed by atoms with Gasteiger partial charge >= 0.3 is 0 Å². The summed E-state index contributed by atoms with van der Waals surface area (Å²) < 4.78 is 40.0. The molecule has 0 bridgehead atoms. The Morgan fingerprint density at radius 3 is 1.92 bits per heavy atom. The van der Waals surface area contributed by atoms with Crippen LogP contribution >= 0.6 is 0 Å². The Morgan fingerprint density at radius 1 is 0.667 bits per heavy atom. The number of hydrogen-bond acceptors (Lipinski definition) is 0. The molecule has 0 saturated heterocycles. The van der Waals surface area contributed by atoms with E-state index in [1.54, 1.807) is 6.07 Å². The fraction of sp³-hybridized carbons (Fsp3) is 0.143. The molecule has 0 heterocycles. The summed E-state index contributed by atoms with van der Waals surface area (Å²) in [4.78, 5) is 0. The molecule has 3 heteroatoms. The van der Waals surface area contributed by atoms with E-state index in [1.807, 2.05) is 18.2 Å². The number of allylic oxidation sites excluding steroid dienone is 2. The Bertz CT molecular complexity index is 947. The summed E-state index contributed by atoms with van der Waals surface area (Å²) in [5.74, 6) is -3.78. The molecule has 0 atom stereocenters. The average molecular weight is 324 g/mol. The summed E-state index contributed by atoms with van der Waals surface area (Å²) >= 11 is 0. The van der Waals surface area contributed by atoms with Crippen LogP contribution in [-0.4, -0.2) is 0 Å².